The third kappa shape index (κ3) is 5.59. The molecule has 1 fully saturated rings. The summed E-state index contributed by atoms with van der Waals surface area (Å²) in [6.07, 6.45) is -0.926. The lowest BCUT2D eigenvalue weighted by molar-refractivity contribution is -0.255. The van der Waals surface area contributed by atoms with Gasteiger partial charge in [-0.2, -0.15) is 13.2 Å². The SMILES string of the molecule is CCC(CC)(OC(=O)COC(=O)CC(C)(O)C(F)(F)F)C1CCCC1. The van der Waals surface area contributed by atoms with Crippen LogP contribution in [0.15, 0.2) is 0 Å². The number of rotatable bonds is 8. The van der Waals surface area contributed by atoms with Crippen molar-refractivity contribution in [1.82, 2.24) is 0 Å². The third-order valence-electron chi connectivity index (χ3n) is 5.06. The average molecular weight is 368 g/mol. The predicted octanol–water partition coefficient (Wildman–Crippen LogP) is 3.53. The maximum absolute atomic E-state index is 12.5. The van der Waals surface area contributed by atoms with Crippen LogP contribution in [0, 0.1) is 5.92 Å². The summed E-state index contributed by atoms with van der Waals surface area (Å²) in [7, 11) is 0. The fraction of sp³-hybridized carbons (Fsp3) is 0.882. The molecule has 1 atom stereocenters. The Hall–Kier alpha value is -1.31. The highest BCUT2D eigenvalue weighted by molar-refractivity contribution is 5.77. The summed E-state index contributed by atoms with van der Waals surface area (Å²) >= 11 is 0. The van der Waals surface area contributed by atoms with Crippen molar-refractivity contribution in [2.24, 2.45) is 5.92 Å². The van der Waals surface area contributed by atoms with Gasteiger partial charge in [0, 0.05) is 0 Å². The van der Waals surface area contributed by atoms with Crippen LogP contribution in [-0.2, 0) is 19.1 Å². The lowest BCUT2D eigenvalue weighted by atomic mass is 9.81. The molecule has 8 heteroatoms. The van der Waals surface area contributed by atoms with Crippen molar-refractivity contribution in [2.75, 3.05) is 6.61 Å². The van der Waals surface area contributed by atoms with E-state index in [0.29, 0.717) is 19.8 Å². The number of carbonyl (C=O) groups excluding carboxylic acids is 2. The van der Waals surface area contributed by atoms with E-state index in [1.807, 2.05) is 13.8 Å². The Morgan fingerprint density at radius 2 is 1.60 bits per heavy atom. The summed E-state index contributed by atoms with van der Waals surface area (Å²) in [6, 6.07) is 0. The Balaban J connectivity index is 2.56. The zero-order valence-electron chi connectivity index (χ0n) is 14.9. The summed E-state index contributed by atoms with van der Waals surface area (Å²) in [5.41, 5.74) is -3.83. The minimum atomic E-state index is -4.96. The number of carbonyl (C=O) groups is 2. The molecular weight excluding hydrogens is 341 g/mol. The topological polar surface area (TPSA) is 72.8 Å². The fourth-order valence-corrected chi connectivity index (χ4v) is 3.33. The van der Waals surface area contributed by atoms with Crippen molar-refractivity contribution >= 4 is 11.9 Å². The van der Waals surface area contributed by atoms with Crippen LogP contribution in [0.4, 0.5) is 13.2 Å². The summed E-state index contributed by atoms with van der Waals surface area (Å²) in [4.78, 5) is 23.5. The smallest absolute Gasteiger partial charge is 0.417 e. The first-order valence-electron chi connectivity index (χ1n) is 8.64. The van der Waals surface area contributed by atoms with E-state index in [1.165, 1.54) is 0 Å². The van der Waals surface area contributed by atoms with Gasteiger partial charge in [-0.3, -0.25) is 4.79 Å². The number of ether oxygens (including phenoxy) is 2. The van der Waals surface area contributed by atoms with E-state index >= 15 is 0 Å². The van der Waals surface area contributed by atoms with E-state index in [4.69, 9.17) is 4.74 Å². The van der Waals surface area contributed by atoms with Crippen molar-refractivity contribution in [3.8, 4) is 0 Å². The monoisotopic (exact) mass is 368 g/mol. The Kier molecular flexibility index (Phi) is 7.28. The van der Waals surface area contributed by atoms with Gasteiger partial charge in [-0.1, -0.05) is 26.7 Å². The average Bonchev–Trinajstić information content (AvgIpc) is 3.04. The van der Waals surface area contributed by atoms with Crippen molar-refractivity contribution < 1.29 is 37.3 Å². The van der Waals surface area contributed by atoms with Gasteiger partial charge in [0.15, 0.2) is 12.2 Å². The van der Waals surface area contributed by atoms with E-state index in [-0.39, 0.29) is 5.92 Å². The van der Waals surface area contributed by atoms with Crippen LogP contribution in [0.1, 0.15) is 65.7 Å². The van der Waals surface area contributed by atoms with Gasteiger partial charge in [-0.05, 0) is 38.5 Å². The van der Waals surface area contributed by atoms with E-state index in [1.54, 1.807) is 0 Å². The van der Waals surface area contributed by atoms with Crippen LogP contribution in [0.2, 0.25) is 0 Å². The molecule has 5 nitrogen and oxygen atoms in total. The molecule has 1 saturated carbocycles. The first kappa shape index (κ1) is 21.7. The lowest BCUT2D eigenvalue weighted by Crippen LogP contribution is -2.44. The number of hydrogen-bond donors (Lipinski definition) is 1. The molecule has 1 rings (SSSR count). The van der Waals surface area contributed by atoms with Crippen molar-refractivity contribution in [3.05, 3.63) is 0 Å². The second kappa shape index (κ2) is 8.38. The largest absolute Gasteiger partial charge is 0.456 e. The van der Waals surface area contributed by atoms with Gasteiger partial charge in [0.25, 0.3) is 0 Å². The minimum absolute atomic E-state index is 0.244. The van der Waals surface area contributed by atoms with Gasteiger partial charge in [-0.15, -0.1) is 0 Å². The molecule has 0 aliphatic heterocycles. The minimum Gasteiger partial charge on any atom is -0.456 e. The molecule has 0 aromatic carbocycles. The maximum Gasteiger partial charge on any atom is 0.417 e. The number of aliphatic hydroxyl groups is 1. The molecular formula is C17H27F3O5. The molecule has 0 aromatic rings. The van der Waals surface area contributed by atoms with E-state index < -0.39 is 42.3 Å². The molecule has 146 valence electrons. The number of alkyl halides is 3. The third-order valence-corrected chi connectivity index (χ3v) is 5.06. The molecule has 0 aromatic heterocycles. The van der Waals surface area contributed by atoms with Gasteiger partial charge < -0.3 is 14.6 Å². The lowest BCUT2D eigenvalue weighted by Gasteiger charge is -2.37. The van der Waals surface area contributed by atoms with Gasteiger partial charge in [0.05, 0.1) is 6.42 Å². The predicted molar refractivity (Wildman–Crippen MR) is 83.6 cm³/mol. The highest BCUT2D eigenvalue weighted by Gasteiger charge is 2.51. The molecule has 0 amide bonds. The van der Waals surface area contributed by atoms with Crippen LogP contribution in [0.25, 0.3) is 0 Å². The maximum atomic E-state index is 12.5. The zero-order chi connectivity index (χ0) is 19.3. The van der Waals surface area contributed by atoms with Crippen LogP contribution >= 0.6 is 0 Å². The van der Waals surface area contributed by atoms with Gasteiger partial charge in [-0.25, -0.2) is 4.79 Å². The summed E-state index contributed by atoms with van der Waals surface area (Å²) < 4.78 is 47.7. The Bertz CT molecular complexity index is 463. The van der Waals surface area contributed by atoms with Crippen molar-refractivity contribution in [2.45, 2.75) is 83.1 Å². The number of hydrogen-bond acceptors (Lipinski definition) is 5. The van der Waals surface area contributed by atoms with Gasteiger partial charge in [0.2, 0.25) is 0 Å². The zero-order valence-corrected chi connectivity index (χ0v) is 14.9. The molecule has 0 saturated heterocycles. The first-order chi connectivity index (χ1) is 11.5. The molecule has 0 bridgehead atoms. The van der Waals surface area contributed by atoms with E-state index in [2.05, 4.69) is 4.74 Å². The Morgan fingerprint density at radius 3 is 2.04 bits per heavy atom. The molecule has 0 radical (unpaired) electrons. The molecule has 25 heavy (non-hydrogen) atoms. The summed E-state index contributed by atoms with van der Waals surface area (Å²) in [6.45, 7) is 3.55. The van der Waals surface area contributed by atoms with Crippen LogP contribution in [0.5, 0.6) is 0 Å². The van der Waals surface area contributed by atoms with Crippen molar-refractivity contribution in [3.63, 3.8) is 0 Å². The second-order valence-corrected chi connectivity index (χ2v) is 6.84. The van der Waals surface area contributed by atoms with Crippen molar-refractivity contribution in [1.29, 1.82) is 0 Å². The molecule has 0 heterocycles. The van der Waals surface area contributed by atoms with Crippen LogP contribution in [0.3, 0.4) is 0 Å². The molecule has 0 spiro atoms. The van der Waals surface area contributed by atoms with Crippen LogP contribution in [-0.4, -0.2) is 41.0 Å². The quantitative estimate of drug-likeness (QED) is 0.664. The first-order valence-corrected chi connectivity index (χ1v) is 8.64. The Morgan fingerprint density at radius 1 is 1.08 bits per heavy atom. The molecule has 1 N–H and O–H groups in total. The Labute approximate surface area is 145 Å². The molecule has 1 unspecified atom stereocenters. The van der Waals surface area contributed by atoms with E-state index in [0.717, 1.165) is 25.7 Å². The van der Waals surface area contributed by atoms with Crippen LogP contribution < -0.4 is 0 Å². The molecule has 1 aliphatic rings. The van der Waals surface area contributed by atoms with Gasteiger partial charge in [0.1, 0.15) is 5.60 Å². The normalized spacial score (nSPS) is 18.7. The number of halogens is 3. The highest BCUT2D eigenvalue weighted by Crippen LogP contribution is 2.40. The second-order valence-electron chi connectivity index (χ2n) is 6.84. The summed E-state index contributed by atoms with van der Waals surface area (Å²) in [5, 5.41) is 9.25. The fourth-order valence-electron chi connectivity index (χ4n) is 3.33. The van der Waals surface area contributed by atoms with E-state index in [9.17, 15) is 27.9 Å². The highest BCUT2D eigenvalue weighted by atomic mass is 19.4. The summed E-state index contributed by atoms with van der Waals surface area (Å²) in [5.74, 6) is -1.84. The number of esters is 2. The molecule has 1 aliphatic carbocycles. The van der Waals surface area contributed by atoms with Gasteiger partial charge >= 0.3 is 18.1 Å². The standard InChI is InChI=1S/C17H27F3O5/c1-4-16(5-2,12-8-6-7-9-12)25-14(22)11-24-13(21)10-15(3,23)17(18,19)20/h12,23H,4-11H2,1-3H3.